The second-order valence-electron chi connectivity index (χ2n) is 12.5. The molecular weight excluding hydrogens is 615 g/mol. The monoisotopic (exact) mass is 643 g/mol. The second kappa shape index (κ2) is 11.2. The summed E-state index contributed by atoms with van der Waals surface area (Å²) in [6.45, 7) is 0. The fourth-order valence-electron chi connectivity index (χ4n) is 7.41. The molecule has 9 aromatic rings. The number of anilines is 3. The van der Waals surface area contributed by atoms with Gasteiger partial charge in [-0.1, -0.05) is 127 Å². The summed E-state index contributed by atoms with van der Waals surface area (Å²) in [6.07, 6.45) is 0. The lowest BCUT2D eigenvalue weighted by atomic mass is 9.88. The van der Waals surface area contributed by atoms with Gasteiger partial charge in [-0.25, -0.2) is 0 Å². The van der Waals surface area contributed by atoms with Gasteiger partial charge in [-0.05, 0) is 76.3 Å². The van der Waals surface area contributed by atoms with Crippen LogP contribution in [0, 0.1) is 0 Å². The zero-order valence-corrected chi connectivity index (χ0v) is 27.3. The van der Waals surface area contributed by atoms with E-state index in [0.29, 0.717) is 0 Å². The van der Waals surface area contributed by atoms with Crippen LogP contribution in [-0.2, 0) is 0 Å². The Morgan fingerprint density at radius 2 is 1.04 bits per heavy atom. The van der Waals surface area contributed by atoms with Crippen LogP contribution in [0.25, 0.3) is 64.3 Å². The molecule has 8 aromatic carbocycles. The lowest BCUT2D eigenvalue weighted by molar-refractivity contribution is 0.487. The minimum Gasteiger partial charge on any atom is -0.456 e. The van der Waals surface area contributed by atoms with E-state index in [-0.39, 0.29) is 0 Å². The number of hydrogen-bond acceptors (Lipinski definition) is 3. The van der Waals surface area contributed by atoms with E-state index in [4.69, 9.17) is 4.74 Å². The first-order chi connectivity index (χ1) is 24.3. The van der Waals surface area contributed by atoms with Gasteiger partial charge in [0.1, 0.15) is 11.5 Å². The molecule has 1 aliphatic rings. The predicted molar refractivity (Wildman–Crippen MR) is 208 cm³/mol. The summed E-state index contributed by atoms with van der Waals surface area (Å²) in [5.74, 6) is 1.77. The van der Waals surface area contributed by atoms with E-state index < -0.39 is 0 Å². The zero-order valence-electron chi connectivity index (χ0n) is 26.5. The summed E-state index contributed by atoms with van der Waals surface area (Å²) in [5.41, 5.74) is 10.4. The van der Waals surface area contributed by atoms with Crippen molar-refractivity contribution in [2.24, 2.45) is 0 Å². The first kappa shape index (κ1) is 27.9. The highest BCUT2D eigenvalue weighted by Crippen LogP contribution is 2.53. The summed E-state index contributed by atoms with van der Waals surface area (Å²) in [5, 5.41) is 4.89. The van der Waals surface area contributed by atoms with E-state index in [9.17, 15) is 0 Å². The Morgan fingerprint density at radius 3 is 1.88 bits per heavy atom. The molecule has 0 saturated carbocycles. The molecule has 2 nitrogen and oxygen atoms in total. The predicted octanol–water partition coefficient (Wildman–Crippen LogP) is 13.8. The van der Waals surface area contributed by atoms with E-state index in [0.717, 1.165) is 39.5 Å². The van der Waals surface area contributed by atoms with Crippen molar-refractivity contribution >= 4 is 59.3 Å². The Bertz CT molecular complexity index is 2680. The Hall–Kier alpha value is -6.16. The molecule has 0 amide bonds. The van der Waals surface area contributed by atoms with Crippen molar-refractivity contribution in [2.75, 3.05) is 4.90 Å². The lowest BCUT2D eigenvalue weighted by Crippen LogP contribution is -2.11. The molecule has 1 aromatic heterocycles. The van der Waals surface area contributed by atoms with Crippen LogP contribution in [0.5, 0.6) is 11.5 Å². The molecule has 1 aliphatic heterocycles. The van der Waals surface area contributed by atoms with Crippen LogP contribution in [0.4, 0.5) is 17.1 Å². The maximum atomic E-state index is 6.63. The first-order valence-electron chi connectivity index (χ1n) is 16.6. The highest BCUT2D eigenvalue weighted by atomic mass is 32.1. The van der Waals surface area contributed by atoms with Gasteiger partial charge in [-0.3, -0.25) is 0 Å². The van der Waals surface area contributed by atoms with Crippen LogP contribution in [0.1, 0.15) is 0 Å². The number of fused-ring (bicyclic) bond motifs is 5. The van der Waals surface area contributed by atoms with Gasteiger partial charge in [0.05, 0.1) is 5.69 Å². The molecule has 0 fully saturated rings. The Balaban J connectivity index is 1.27. The summed E-state index contributed by atoms with van der Waals surface area (Å²) in [7, 11) is 0. The number of nitrogens with zero attached hydrogens (tertiary/aromatic N) is 1. The normalized spacial score (nSPS) is 11.8. The van der Waals surface area contributed by atoms with Crippen molar-refractivity contribution < 1.29 is 4.74 Å². The smallest absolute Gasteiger partial charge is 0.136 e. The maximum Gasteiger partial charge on any atom is 0.136 e. The van der Waals surface area contributed by atoms with Crippen molar-refractivity contribution in [3.63, 3.8) is 0 Å². The molecule has 3 heteroatoms. The number of hydrogen-bond donors (Lipinski definition) is 0. The van der Waals surface area contributed by atoms with Gasteiger partial charge in [0, 0.05) is 47.9 Å². The van der Waals surface area contributed by atoms with Gasteiger partial charge in [-0.2, -0.15) is 0 Å². The molecule has 0 aliphatic carbocycles. The van der Waals surface area contributed by atoms with E-state index in [1.165, 1.54) is 53.4 Å². The molecular formula is C46H29NOS. The van der Waals surface area contributed by atoms with Gasteiger partial charge in [0.2, 0.25) is 0 Å². The average molecular weight is 644 g/mol. The number of thiophene rings is 1. The Labute approximate surface area is 288 Å². The van der Waals surface area contributed by atoms with Crippen molar-refractivity contribution in [2.45, 2.75) is 0 Å². The molecule has 0 unspecified atom stereocenters. The fraction of sp³-hybridized carbons (Fsp3) is 0. The van der Waals surface area contributed by atoms with Gasteiger partial charge >= 0.3 is 0 Å². The van der Waals surface area contributed by atoms with Gasteiger partial charge in [0.25, 0.3) is 0 Å². The molecule has 0 radical (unpaired) electrons. The third-order valence-electron chi connectivity index (χ3n) is 9.68. The Morgan fingerprint density at radius 1 is 0.388 bits per heavy atom. The minimum atomic E-state index is 0.879. The molecule has 0 saturated heterocycles. The topological polar surface area (TPSA) is 12.5 Å². The van der Waals surface area contributed by atoms with Crippen molar-refractivity contribution in [1.82, 2.24) is 0 Å². The van der Waals surface area contributed by atoms with Gasteiger partial charge in [-0.15, -0.1) is 11.3 Å². The molecule has 0 N–H and O–H groups in total. The molecule has 0 bridgehead atoms. The van der Waals surface area contributed by atoms with Crippen molar-refractivity contribution in [1.29, 1.82) is 0 Å². The van der Waals surface area contributed by atoms with E-state index in [2.05, 4.69) is 175 Å². The third-order valence-corrected chi connectivity index (χ3v) is 10.8. The van der Waals surface area contributed by atoms with Crippen LogP contribution in [0.2, 0.25) is 0 Å². The summed E-state index contributed by atoms with van der Waals surface area (Å²) in [6, 6.07) is 63.2. The lowest BCUT2D eigenvalue weighted by Gasteiger charge is -2.30. The third kappa shape index (κ3) is 4.55. The van der Waals surface area contributed by atoms with Crippen LogP contribution >= 0.6 is 11.3 Å². The number of benzene rings is 8. The Kier molecular flexibility index (Phi) is 6.39. The number of ether oxygens (including phenoxy) is 1. The van der Waals surface area contributed by atoms with E-state index >= 15 is 0 Å². The second-order valence-corrected chi connectivity index (χ2v) is 13.6. The average Bonchev–Trinajstić information content (AvgIpc) is 3.55. The summed E-state index contributed by atoms with van der Waals surface area (Å²) < 4.78 is 9.20. The van der Waals surface area contributed by atoms with E-state index in [1.807, 2.05) is 17.4 Å². The van der Waals surface area contributed by atoms with Crippen molar-refractivity contribution in [3.05, 3.63) is 176 Å². The molecule has 0 spiro atoms. The molecule has 0 atom stereocenters. The van der Waals surface area contributed by atoms with Crippen LogP contribution < -0.4 is 9.64 Å². The van der Waals surface area contributed by atoms with Crippen molar-refractivity contribution in [3.8, 4) is 44.9 Å². The van der Waals surface area contributed by atoms with Crippen LogP contribution in [-0.4, -0.2) is 0 Å². The number of rotatable bonds is 5. The molecule has 49 heavy (non-hydrogen) atoms. The minimum absolute atomic E-state index is 0.879. The van der Waals surface area contributed by atoms with Gasteiger partial charge < -0.3 is 9.64 Å². The quantitative estimate of drug-likeness (QED) is 0.185. The first-order valence-corrected chi connectivity index (χ1v) is 17.4. The number of para-hydroxylation sites is 1. The SMILES string of the molecule is c1ccc(-c2ccc(N(c3ccc4c(c3)sc3ccccc34)c3ccc4c5c(ccc(-c6ccccc6)c35)-c3ccccc3O4)cc2)cc1. The van der Waals surface area contributed by atoms with Gasteiger partial charge in [0.15, 0.2) is 0 Å². The zero-order chi connectivity index (χ0) is 32.3. The molecule has 230 valence electrons. The highest BCUT2D eigenvalue weighted by molar-refractivity contribution is 7.25. The largest absolute Gasteiger partial charge is 0.456 e. The maximum absolute atomic E-state index is 6.63. The standard InChI is InChI=1S/C46H29NOS/c1-3-11-30(12-4-1)31-19-21-33(22-20-31)47(34-23-24-38-37-16-8-10-18-43(37)49-44(38)29-34)40-27-28-42-46-39(36-15-7-9-17-41(36)48-42)26-25-35(45(40)46)32-13-5-2-6-14-32/h1-29H. The summed E-state index contributed by atoms with van der Waals surface area (Å²) >= 11 is 1.85. The highest BCUT2D eigenvalue weighted by Gasteiger charge is 2.26. The van der Waals surface area contributed by atoms with Crippen LogP contribution in [0.15, 0.2) is 176 Å². The van der Waals surface area contributed by atoms with Crippen LogP contribution in [0.3, 0.4) is 0 Å². The molecule has 10 rings (SSSR count). The summed E-state index contributed by atoms with van der Waals surface area (Å²) in [4.78, 5) is 2.43. The van der Waals surface area contributed by atoms with E-state index in [1.54, 1.807) is 0 Å². The fourth-order valence-corrected chi connectivity index (χ4v) is 8.55. The molecule has 2 heterocycles.